The molecular weight excluding hydrogens is 363 g/mol. The van der Waals surface area contributed by atoms with Crippen LogP contribution in [0.5, 0.6) is 0 Å². The maximum Gasteiger partial charge on any atom is 0.190 e. The van der Waals surface area contributed by atoms with Gasteiger partial charge in [-0.1, -0.05) is 26.8 Å². The normalized spacial score (nSPS) is 52.5. The molecule has 5 nitrogen and oxygen atoms in total. The summed E-state index contributed by atoms with van der Waals surface area (Å²) in [6, 6.07) is 0. The first-order valence-electron chi connectivity index (χ1n) is 10.1. The molecular formula is C22H29FO5. The van der Waals surface area contributed by atoms with Gasteiger partial charge < -0.3 is 15.3 Å². The molecule has 0 spiro atoms. The first-order valence-corrected chi connectivity index (χ1v) is 10.1. The number of aliphatic hydroxyl groups excluding tert-OH is 2. The molecule has 3 N–H and O–H groups in total. The number of ketones is 2. The summed E-state index contributed by atoms with van der Waals surface area (Å²) in [5.41, 5.74) is -3.00. The highest BCUT2D eigenvalue weighted by Crippen LogP contribution is 2.68. The molecule has 154 valence electrons. The van der Waals surface area contributed by atoms with Gasteiger partial charge in [-0.3, -0.25) is 9.59 Å². The van der Waals surface area contributed by atoms with E-state index in [9.17, 15) is 24.9 Å². The van der Waals surface area contributed by atoms with Gasteiger partial charge in [-0.15, -0.1) is 0 Å². The quantitative estimate of drug-likeness (QED) is 0.666. The molecule has 0 radical (unpaired) electrons. The molecule has 4 aliphatic carbocycles. The number of alkyl halides is 1. The molecule has 3 fully saturated rings. The summed E-state index contributed by atoms with van der Waals surface area (Å²) in [7, 11) is 0. The average molecular weight is 392 g/mol. The van der Waals surface area contributed by atoms with Crippen molar-refractivity contribution in [2.24, 2.45) is 34.5 Å². The fourth-order valence-corrected chi connectivity index (χ4v) is 7.38. The van der Waals surface area contributed by atoms with E-state index in [1.165, 1.54) is 12.2 Å². The van der Waals surface area contributed by atoms with Crippen LogP contribution in [0.25, 0.3) is 0 Å². The number of rotatable bonds is 2. The van der Waals surface area contributed by atoms with Crippen LogP contribution in [0.3, 0.4) is 0 Å². The lowest BCUT2D eigenvalue weighted by Crippen LogP contribution is -2.63. The smallest absolute Gasteiger partial charge is 0.190 e. The molecule has 3 saturated carbocycles. The van der Waals surface area contributed by atoms with Crippen molar-refractivity contribution in [3.05, 3.63) is 23.8 Å². The van der Waals surface area contributed by atoms with Gasteiger partial charge in [0.25, 0.3) is 0 Å². The van der Waals surface area contributed by atoms with Gasteiger partial charge in [-0.2, -0.15) is 0 Å². The van der Waals surface area contributed by atoms with Crippen LogP contribution in [-0.2, 0) is 9.59 Å². The summed E-state index contributed by atoms with van der Waals surface area (Å²) in [6.07, 6.45) is 3.29. The summed E-state index contributed by atoms with van der Waals surface area (Å²) in [5, 5.41) is 32.1. The van der Waals surface area contributed by atoms with Crippen LogP contribution in [0.15, 0.2) is 23.8 Å². The maximum atomic E-state index is 15.2. The van der Waals surface area contributed by atoms with E-state index in [-0.39, 0.29) is 42.3 Å². The number of Topliss-reactive ketones (excluding diaryl/α,β-unsaturated/α-hetero) is 1. The van der Waals surface area contributed by atoms with Crippen LogP contribution in [0.2, 0.25) is 0 Å². The third-order valence-corrected chi connectivity index (χ3v) is 8.63. The third-order valence-electron chi connectivity index (χ3n) is 8.63. The van der Waals surface area contributed by atoms with Crippen LogP contribution in [0.1, 0.15) is 40.0 Å². The minimum absolute atomic E-state index is 0.154. The lowest BCUT2D eigenvalue weighted by atomic mass is 9.46. The molecule has 28 heavy (non-hydrogen) atoms. The molecule has 4 rings (SSSR count). The Kier molecular flexibility index (Phi) is 4.32. The van der Waals surface area contributed by atoms with Crippen LogP contribution in [-0.4, -0.2) is 51.4 Å². The second-order valence-corrected chi connectivity index (χ2v) is 9.79. The minimum atomic E-state index is -1.74. The first kappa shape index (κ1) is 19.9. The number of carbonyl (C=O) groups is 2. The number of halogens is 1. The molecule has 0 aliphatic heterocycles. The number of fused-ring (bicyclic) bond motifs is 5. The molecule has 0 amide bonds. The molecule has 6 heteroatoms. The Morgan fingerprint density at radius 1 is 1.32 bits per heavy atom. The van der Waals surface area contributed by atoms with Gasteiger partial charge in [0.2, 0.25) is 0 Å². The summed E-state index contributed by atoms with van der Waals surface area (Å²) in [4.78, 5) is 24.4. The largest absolute Gasteiger partial charge is 0.393 e. The molecule has 0 saturated heterocycles. The monoisotopic (exact) mass is 392 g/mol. The molecule has 0 aromatic carbocycles. The van der Waals surface area contributed by atoms with Crippen molar-refractivity contribution in [3.63, 3.8) is 0 Å². The minimum Gasteiger partial charge on any atom is -0.393 e. The van der Waals surface area contributed by atoms with E-state index in [4.69, 9.17) is 0 Å². The molecule has 0 bridgehead atoms. The van der Waals surface area contributed by atoms with Crippen molar-refractivity contribution in [2.75, 3.05) is 6.61 Å². The lowest BCUT2D eigenvalue weighted by molar-refractivity contribution is -0.185. The SMILES string of the molecule is C[C@@H]1C[C@H]2[C@@H]3C[C@H](F)C4=CC(=O)C=C[C@]4(C)[C@H]3[C@H](O)C[C@]2(C)[C@]1(O)C(=O)CO. The van der Waals surface area contributed by atoms with Gasteiger partial charge >= 0.3 is 0 Å². The Bertz CT molecular complexity index is 790. The zero-order valence-corrected chi connectivity index (χ0v) is 16.6. The molecule has 0 aromatic heterocycles. The second-order valence-electron chi connectivity index (χ2n) is 9.79. The van der Waals surface area contributed by atoms with Crippen molar-refractivity contribution < 1.29 is 29.3 Å². The summed E-state index contributed by atoms with van der Waals surface area (Å²) in [5.74, 6) is -1.92. The Balaban J connectivity index is 1.81. The van der Waals surface area contributed by atoms with E-state index in [0.717, 1.165) is 0 Å². The summed E-state index contributed by atoms with van der Waals surface area (Å²) in [6.45, 7) is 4.71. The Hall–Kier alpha value is -1.37. The van der Waals surface area contributed by atoms with E-state index in [1.807, 2.05) is 6.92 Å². The van der Waals surface area contributed by atoms with Crippen LogP contribution in [0, 0.1) is 34.5 Å². The van der Waals surface area contributed by atoms with Crippen LogP contribution >= 0.6 is 0 Å². The standard InChI is InChI=1S/C22H29FO5/c1-11-6-14-13-8-16(23)15-7-12(25)4-5-20(15,2)19(13)17(26)9-21(14,3)22(11,28)18(27)10-24/h4-5,7,11,13-14,16-17,19,24,26,28H,6,8-10H2,1-3H3/t11-,13+,14+,16+,17-,19-,20+,21+,22-/m1/s1. The average Bonchev–Trinajstić information content (AvgIpc) is 2.83. The first-order chi connectivity index (χ1) is 13.0. The van der Waals surface area contributed by atoms with E-state index >= 15 is 4.39 Å². The van der Waals surface area contributed by atoms with Gasteiger partial charge in [-0.25, -0.2) is 4.39 Å². The lowest BCUT2D eigenvalue weighted by Gasteiger charge is -2.60. The van der Waals surface area contributed by atoms with Crippen molar-refractivity contribution >= 4 is 11.6 Å². The number of hydrogen-bond donors (Lipinski definition) is 3. The molecule has 0 heterocycles. The molecule has 9 atom stereocenters. The van der Waals surface area contributed by atoms with Crippen molar-refractivity contribution in [1.82, 2.24) is 0 Å². The number of hydrogen-bond acceptors (Lipinski definition) is 5. The van der Waals surface area contributed by atoms with Crippen LogP contribution < -0.4 is 0 Å². The van der Waals surface area contributed by atoms with Crippen molar-refractivity contribution in [1.29, 1.82) is 0 Å². The predicted octanol–water partition coefficient (Wildman–Crippen LogP) is 1.75. The van der Waals surface area contributed by atoms with Gasteiger partial charge in [-0.05, 0) is 54.7 Å². The maximum absolute atomic E-state index is 15.2. The van der Waals surface area contributed by atoms with Gasteiger partial charge in [0.05, 0.1) is 6.10 Å². The highest BCUT2D eigenvalue weighted by Gasteiger charge is 2.71. The zero-order valence-electron chi connectivity index (χ0n) is 16.6. The van der Waals surface area contributed by atoms with Crippen molar-refractivity contribution in [3.8, 4) is 0 Å². The van der Waals surface area contributed by atoms with Gasteiger partial charge in [0.1, 0.15) is 18.4 Å². The fraction of sp³-hybridized carbons (Fsp3) is 0.727. The third kappa shape index (κ3) is 2.22. The molecule has 0 aromatic rings. The number of allylic oxidation sites excluding steroid dienone is 4. The fourth-order valence-electron chi connectivity index (χ4n) is 7.38. The second kappa shape index (κ2) is 6.07. The summed E-state index contributed by atoms with van der Waals surface area (Å²) >= 11 is 0. The number of carbonyl (C=O) groups excluding carboxylic acids is 2. The van der Waals surface area contributed by atoms with Crippen molar-refractivity contribution in [2.45, 2.75) is 57.9 Å². The van der Waals surface area contributed by atoms with Gasteiger partial charge in [0.15, 0.2) is 11.6 Å². The Morgan fingerprint density at radius 2 is 2.00 bits per heavy atom. The summed E-state index contributed by atoms with van der Waals surface area (Å²) < 4.78 is 15.2. The van der Waals surface area contributed by atoms with E-state index < -0.39 is 41.1 Å². The molecule has 0 unspecified atom stereocenters. The van der Waals surface area contributed by atoms with E-state index in [0.29, 0.717) is 12.0 Å². The highest BCUT2D eigenvalue weighted by molar-refractivity contribution is 6.01. The van der Waals surface area contributed by atoms with Crippen LogP contribution in [0.4, 0.5) is 4.39 Å². The zero-order chi connectivity index (χ0) is 20.6. The highest BCUT2D eigenvalue weighted by atomic mass is 19.1. The van der Waals surface area contributed by atoms with Gasteiger partial charge in [0, 0.05) is 16.7 Å². The topological polar surface area (TPSA) is 94.8 Å². The predicted molar refractivity (Wildman–Crippen MR) is 99.9 cm³/mol. The Labute approximate surface area is 164 Å². The van der Waals surface area contributed by atoms with E-state index in [2.05, 4.69) is 0 Å². The molecule has 4 aliphatic rings. The van der Waals surface area contributed by atoms with E-state index in [1.54, 1.807) is 19.9 Å². The Morgan fingerprint density at radius 3 is 2.64 bits per heavy atom. The number of aliphatic hydroxyl groups is 3.